The van der Waals surface area contributed by atoms with Gasteiger partial charge in [-0.1, -0.05) is 12.8 Å². The molecule has 0 bridgehead atoms. The molecule has 6 nitrogen and oxygen atoms in total. The third kappa shape index (κ3) is 3.03. The van der Waals surface area contributed by atoms with E-state index in [1.807, 2.05) is 0 Å². The van der Waals surface area contributed by atoms with E-state index >= 15 is 0 Å². The minimum Gasteiger partial charge on any atom is -0.391 e. The number of amides is 2. The fourth-order valence-electron chi connectivity index (χ4n) is 2.17. The van der Waals surface area contributed by atoms with Crippen LogP contribution in [0.25, 0.3) is 0 Å². The summed E-state index contributed by atoms with van der Waals surface area (Å²) in [5.74, 6) is -0.449. The first-order chi connectivity index (χ1) is 8.16. The van der Waals surface area contributed by atoms with E-state index in [-0.39, 0.29) is 17.9 Å². The Balaban J connectivity index is 1.90. The zero-order valence-electron chi connectivity index (χ0n) is 9.61. The highest BCUT2D eigenvalue weighted by atomic mass is 16.3. The minimum atomic E-state index is -0.466. The number of hydrogen-bond donors (Lipinski definition) is 3. The van der Waals surface area contributed by atoms with E-state index in [2.05, 4.69) is 15.8 Å². The molecular formula is C11H17N3O3. The van der Waals surface area contributed by atoms with Crippen molar-refractivity contribution in [2.45, 2.75) is 50.7 Å². The molecule has 6 heteroatoms. The van der Waals surface area contributed by atoms with Crippen LogP contribution in [0.4, 0.5) is 0 Å². The van der Waals surface area contributed by atoms with Crippen LogP contribution in [0.2, 0.25) is 0 Å². The third-order valence-electron chi connectivity index (χ3n) is 3.21. The van der Waals surface area contributed by atoms with Crippen molar-refractivity contribution in [2.24, 2.45) is 5.10 Å². The second kappa shape index (κ2) is 5.27. The van der Waals surface area contributed by atoms with Crippen LogP contribution in [0, 0.1) is 0 Å². The zero-order valence-corrected chi connectivity index (χ0v) is 9.61. The van der Waals surface area contributed by atoms with Gasteiger partial charge in [0, 0.05) is 12.8 Å². The normalized spacial score (nSPS) is 29.2. The standard InChI is InChI=1S/C11H17N3O3/c15-9-4-2-1-3-7(9)12-11(17)8-5-6-10(16)14-13-8/h7,9,15H,1-6H2,(H,12,17)(H,14,16)/t7-,9-/m1/s1. The molecule has 0 saturated heterocycles. The number of aliphatic hydroxyl groups is 1. The van der Waals surface area contributed by atoms with E-state index in [9.17, 15) is 14.7 Å². The van der Waals surface area contributed by atoms with E-state index in [1.54, 1.807) is 0 Å². The summed E-state index contributed by atoms with van der Waals surface area (Å²) in [4.78, 5) is 22.7. The van der Waals surface area contributed by atoms with E-state index in [1.165, 1.54) is 0 Å². The van der Waals surface area contributed by atoms with Crippen LogP contribution >= 0.6 is 0 Å². The first-order valence-electron chi connectivity index (χ1n) is 6.01. The molecule has 2 atom stereocenters. The number of rotatable bonds is 2. The van der Waals surface area contributed by atoms with Crippen molar-refractivity contribution in [2.75, 3.05) is 0 Å². The van der Waals surface area contributed by atoms with Gasteiger partial charge >= 0.3 is 0 Å². The molecule has 0 aromatic rings. The molecule has 17 heavy (non-hydrogen) atoms. The van der Waals surface area contributed by atoms with Crippen LogP contribution in [-0.2, 0) is 9.59 Å². The topological polar surface area (TPSA) is 90.8 Å². The summed E-state index contributed by atoms with van der Waals surface area (Å²) in [7, 11) is 0. The van der Waals surface area contributed by atoms with Crippen molar-refractivity contribution in [1.82, 2.24) is 10.7 Å². The van der Waals surface area contributed by atoms with Crippen molar-refractivity contribution in [1.29, 1.82) is 0 Å². The minimum absolute atomic E-state index is 0.167. The van der Waals surface area contributed by atoms with Gasteiger partial charge in [-0.2, -0.15) is 5.10 Å². The van der Waals surface area contributed by atoms with Gasteiger partial charge in [0.25, 0.3) is 5.91 Å². The third-order valence-corrected chi connectivity index (χ3v) is 3.21. The van der Waals surface area contributed by atoms with Crippen molar-refractivity contribution in [3.05, 3.63) is 0 Å². The summed E-state index contributed by atoms with van der Waals surface area (Å²) in [5, 5.41) is 16.2. The van der Waals surface area contributed by atoms with Gasteiger partial charge in [-0.25, -0.2) is 5.43 Å². The predicted molar refractivity (Wildman–Crippen MR) is 61.2 cm³/mol. The Hall–Kier alpha value is -1.43. The molecule has 2 aliphatic rings. The Kier molecular flexibility index (Phi) is 3.73. The molecule has 0 aromatic carbocycles. The molecule has 2 rings (SSSR count). The Morgan fingerprint density at radius 3 is 2.76 bits per heavy atom. The van der Waals surface area contributed by atoms with Crippen LogP contribution in [0.5, 0.6) is 0 Å². The molecular weight excluding hydrogens is 222 g/mol. The molecule has 1 saturated carbocycles. The maximum absolute atomic E-state index is 11.8. The highest BCUT2D eigenvalue weighted by Crippen LogP contribution is 2.18. The maximum Gasteiger partial charge on any atom is 0.267 e. The molecule has 94 valence electrons. The Morgan fingerprint density at radius 1 is 1.35 bits per heavy atom. The van der Waals surface area contributed by atoms with Gasteiger partial charge < -0.3 is 10.4 Å². The lowest BCUT2D eigenvalue weighted by atomic mass is 9.92. The highest BCUT2D eigenvalue weighted by molar-refractivity contribution is 6.39. The van der Waals surface area contributed by atoms with E-state index in [0.29, 0.717) is 18.6 Å². The summed E-state index contributed by atoms with van der Waals surface area (Å²) in [6.45, 7) is 0. The van der Waals surface area contributed by atoms with Gasteiger partial charge in [-0.05, 0) is 12.8 Å². The number of aliphatic hydroxyl groups excluding tert-OH is 1. The van der Waals surface area contributed by atoms with Gasteiger partial charge in [0.1, 0.15) is 5.71 Å². The van der Waals surface area contributed by atoms with E-state index < -0.39 is 6.10 Å². The summed E-state index contributed by atoms with van der Waals surface area (Å²) < 4.78 is 0. The summed E-state index contributed by atoms with van der Waals surface area (Å²) in [5.41, 5.74) is 2.62. The number of carbonyl (C=O) groups is 2. The van der Waals surface area contributed by atoms with Crippen molar-refractivity contribution < 1.29 is 14.7 Å². The second-order valence-electron chi connectivity index (χ2n) is 4.53. The SMILES string of the molecule is O=C1CCC(C(=O)N[C@@H]2CCCC[C@H]2O)=NN1. The molecule has 3 N–H and O–H groups in total. The first kappa shape index (κ1) is 12.0. The first-order valence-corrected chi connectivity index (χ1v) is 6.01. The number of hydrazone groups is 1. The maximum atomic E-state index is 11.8. The fraction of sp³-hybridized carbons (Fsp3) is 0.727. The monoisotopic (exact) mass is 239 g/mol. The lowest BCUT2D eigenvalue weighted by molar-refractivity contribution is -0.121. The van der Waals surface area contributed by atoms with Crippen LogP contribution in [0.1, 0.15) is 38.5 Å². The fourth-order valence-corrected chi connectivity index (χ4v) is 2.17. The summed E-state index contributed by atoms with van der Waals surface area (Å²) >= 11 is 0. The van der Waals surface area contributed by atoms with Crippen molar-refractivity contribution in [3.63, 3.8) is 0 Å². The molecule has 1 heterocycles. The number of hydrogen-bond acceptors (Lipinski definition) is 4. The van der Waals surface area contributed by atoms with E-state index in [0.717, 1.165) is 25.7 Å². The van der Waals surface area contributed by atoms with Crippen molar-refractivity contribution in [3.8, 4) is 0 Å². The molecule has 1 fully saturated rings. The lowest BCUT2D eigenvalue weighted by Crippen LogP contribution is -2.48. The lowest BCUT2D eigenvalue weighted by Gasteiger charge is -2.28. The molecule has 0 radical (unpaired) electrons. The summed E-state index contributed by atoms with van der Waals surface area (Å²) in [6.07, 6.45) is 3.74. The smallest absolute Gasteiger partial charge is 0.267 e. The molecule has 0 spiro atoms. The van der Waals surface area contributed by atoms with Crippen molar-refractivity contribution >= 4 is 17.5 Å². The molecule has 2 amide bonds. The molecule has 0 unspecified atom stereocenters. The van der Waals surface area contributed by atoms with Crippen LogP contribution in [0.15, 0.2) is 5.10 Å². The van der Waals surface area contributed by atoms with Crippen LogP contribution in [-0.4, -0.2) is 34.8 Å². The van der Waals surface area contributed by atoms with Gasteiger partial charge in [0.05, 0.1) is 12.1 Å². The Morgan fingerprint density at radius 2 is 2.12 bits per heavy atom. The Labute approximate surface area is 99.5 Å². The predicted octanol–water partition coefficient (Wildman–Crippen LogP) is -0.328. The second-order valence-corrected chi connectivity index (χ2v) is 4.53. The number of nitrogens with one attached hydrogen (secondary N) is 2. The van der Waals surface area contributed by atoms with Gasteiger partial charge in [0.2, 0.25) is 5.91 Å². The zero-order chi connectivity index (χ0) is 12.3. The highest BCUT2D eigenvalue weighted by Gasteiger charge is 2.27. The molecule has 0 aromatic heterocycles. The van der Waals surface area contributed by atoms with Gasteiger partial charge in [0.15, 0.2) is 0 Å². The molecule has 1 aliphatic carbocycles. The van der Waals surface area contributed by atoms with Gasteiger partial charge in [-0.15, -0.1) is 0 Å². The number of carbonyl (C=O) groups excluding carboxylic acids is 2. The summed E-state index contributed by atoms with van der Waals surface area (Å²) in [6, 6.07) is -0.184. The van der Waals surface area contributed by atoms with Gasteiger partial charge in [-0.3, -0.25) is 9.59 Å². The quantitative estimate of drug-likeness (QED) is 0.616. The Bertz CT molecular complexity index is 354. The van der Waals surface area contributed by atoms with Crippen LogP contribution in [0.3, 0.4) is 0 Å². The average molecular weight is 239 g/mol. The average Bonchev–Trinajstić information content (AvgIpc) is 2.33. The number of nitrogens with zero attached hydrogens (tertiary/aromatic N) is 1. The molecule has 1 aliphatic heterocycles. The largest absolute Gasteiger partial charge is 0.391 e. The van der Waals surface area contributed by atoms with Crippen LogP contribution < -0.4 is 10.7 Å². The van der Waals surface area contributed by atoms with E-state index in [4.69, 9.17) is 0 Å².